The standard InChI is InChI=1S/C20H19N3O2S/c1-12-8-9-14-16(10-12)26-19(21-14)22-17(24)11-23-15-7-5-4-6-13(15)20(2,3)18(23)25/h4-10H,11H2,1-3H3,(H,21,22,24). The first-order chi connectivity index (χ1) is 12.4. The van der Waals surface area contributed by atoms with E-state index >= 15 is 0 Å². The van der Waals surface area contributed by atoms with Gasteiger partial charge in [-0.15, -0.1) is 0 Å². The number of thiazole rings is 1. The van der Waals surface area contributed by atoms with Crippen LogP contribution in [0.1, 0.15) is 25.0 Å². The molecular weight excluding hydrogens is 346 g/mol. The third-order valence-electron chi connectivity index (χ3n) is 4.74. The number of fused-ring (bicyclic) bond motifs is 2. The van der Waals surface area contributed by atoms with Gasteiger partial charge in [-0.25, -0.2) is 4.98 Å². The second kappa shape index (κ2) is 5.92. The van der Waals surface area contributed by atoms with Crippen molar-refractivity contribution in [3.05, 3.63) is 53.6 Å². The first-order valence-electron chi connectivity index (χ1n) is 8.45. The van der Waals surface area contributed by atoms with Crippen molar-refractivity contribution in [3.63, 3.8) is 0 Å². The van der Waals surface area contributed by atoms with Crippen LogP contribution in [0.5, 0.6) is 0 Å². The molecule has 1 aromatic heterocycles. The van der Waals surface area contributed by atoms with E-state index in [2.05, 4.69) is 10.3 Å². The molecule has 0 unspecified atom stereocenters. The van der Waals surface area contributed by atoms with E-state index in [0.29, 0.717) is 5.13 Å². The Hall–Kier alpha value is -2.73. The van der Waals surface area contributed by atoms with Crippen molar-refractivity contribution in [2.45, 2.75) is 26.2 Å². The van der Waals surface area contributed by atoms with E-state index < -0.39 is 5.41 Å². The Kier molecular flexibility index (Phi) is 3.80. The van der Waals surface area contributed by atoms with E-state index in [-0.39, 0.29) is 18.4 Å². The molecule has 26 heavy (non-hydrogen) atoms. The van der Waals surface area contributed by atoms with Crippen LogP contribution in [0.25, 0.3) is 10.2 Å². The molecule has 2 aromatic carbocycles. The van der Waals surface area contributed by atoms with Gasteiger partial charge >= 0.3 is 0 Å². The minimum atomic E-state index is -0.621. The first kappa shape index (κ1) is 16.7. The second-order valence-electron chi connectivity index (χ2n) is 7.07. The van der Waals surface area contributed by atoms with Gasteiger partial charge in [-0.05, 0) is 50.1 Å². The highest BCUT2D eigenvalue weighted by atomic mass is 32.1. The van der Waals surface area contributed by atoms with Crippen molar-refractivity contribution in [1.82, 2.24) is 4.98 Å². The summed E-state index contributed by atoms with van der Waals surface area (Å²) in [5.41, 5.74) is 3.15. The van der Waals surface area contributed by atoms with Crippen LogP contribution < -0.4 is 10.2 Å². The van der Waals surface area contributed by atoms with Gasteiger partial charge in [0, 0.05) is 5.69 Å². The van der Waals surface area contributed by atoms with Gasteiger partial charge in [0.2, 0.25) is 11.8 Å². The summed E-state index contributed by atoms with van der Waals surface area (Å²) < 4.78 is 1.03. The van der Waals surface area contributed by atoms with Crippen molar-refractivity contribution < 1.29 is 9.59 Å². The molecule has 6 heteroatoms. The smallest absolute Gasteiger partial charge is 0.246 e. The lowest BCUT2D eigenvalue weighted by Crippen LogP contribution is -2.40. The zero-order valence-electron chi connectivity index (χ0n) is 14.9. The maximum Gasteiger partial charge on any atom is 0.246 e. The van der Waals surface area contributed by atoms with E-state index in [0.717, 1.165) is 27.0 Å². The molecule has 0 fully saturated rings. The largest absolute Gasteiger partial charge is 0.302 e. The molecule has 5 nitrogen and oxygen atoms in total. The van der Waals surface area contributed by atoms with Crippen molar-refractivity contribution in [2.75, 3.05) is 16.8 Å². The van der Waals surface area contributed by atoms with E-state index in [9.17, 15) is 9.59 Å². The highest BCUT2D eigenvalue weighted by Gasteiger charge is 2.44. The van der Waals surface area contributed by atoms with Gasteiger partial charge in [0.15, 0.2) is 5.13 Å². The zero-order chi connectivity index (χ0) is 18.5. The summed E-state index contributed by atoms with van der Waals surface area (Å²) in [6.45, 7) is 5.79. The van der Waals surface area contributed by atoms with Crippen LogP contribution in [-0.4, -0.2) is 23.3 Å². The van der Waals surface area contributed by atoms with Crippen LogP contribution in [0, 0.1) is 6.92 Å². The molecule has 3 aromatic rings. The molecule has 0 spiro atoms. The number of para-hydroxylation sites is 1. The number of carbonyl (C=O) groups is 2. The lowest BCUT2D eigenvalue weighted by atomic mass is 9.86. The van der Waals surface area contributed by atoms with Crippen LogP contribution in [0.15, 0.2) is 42.5 Å². The maximum absolute atomic E-state index is 12.8. The number of benzene rings is 2. The SMILES string of the molecule is Cc1ccc2nc(NC(=O)CN3C(=O)C(C)(C)c4ccccc43)sc2c1. The Morgan fingerprint density at radius 2 is 2.00 bits per heavy atom. The van der Waals surface area contributed by atoms with Crippen LogP contribution in [0.2, 0.25) is 0 Å². The molecule has 0 atom stereocenters. The molecule has 0 radical (unpaired) electrons. The molecular formula is C20H19N3O2S. The predicted octanol–water partition coefficient (Wildman–Crippen LogP) is 3.87. The summed E-state index contributed by atoms with van der Waals surface area (Å²) in [4.78, 5) is 31.3. The highest BCUT2D eigenvalue weighted by Crippen LogP contribution is 2.41. The summed E-state index contributed by atoms with van der Waals surface area (Å²) in [5.74, 6) is -0.310. The third kappa shape index (κ3) is 2.66. The first-order valence-corrected chi connectivity index (χ1v) is 9.26. The van der Waals surface area contributed by atoms with Crippen LogP contribution in [-0.2, 0) is 15.0 Å². The topological polar surface area (TPSA) is 62.3 Å². The molecule has 0 saturated heterocycles. The Balaban J connectivity index is 1.55. The maximum atomic E-state index is 12.8. The molecule has 2 heterocycles. The lowest BCUT2D eigenvalue weighted by molar-refractivity contribution is -0.124. The number of anilines is 2. The van der Waals surface area contributed by atoms with Crippen molar-refractivity contribution in [1.29, 1.82) is 0 Å². The fourth-order valence-electron chi connectivity index (χ4n) is 3.34. The van der Waals surface area contributed by atoms with Gasteiger partial charge in [0.1, 0.15) is 6.54 Å². The average molecular weight is 365 g/mol. The monoisotopic (exact) mass is 365 g/mol. The van der Waals surface area contributed by atoms with Gasteiger partial charge in [-0.2, -0.15) is 0 Å². The summed E-state index contributed by atoms with van der Waals surface area (Å²) in [7, 11) is 0. The molecule has 1 N–H and O–H groups in total. The molecule has 1 aliphatic heterocycles. The summed E-state index contributed by atoms with van der Waals surface area (Å²) in [6.07, 6.45) is 0. The number of hydrogen-bond donors (Lipinski definition) is 1. The molecule has 4 rings (SSSR count). The van der Waals surface area contributed by atoms with Gasteiger partial charge in [0.25, 0.3) is 0 Å². The van der Waals surface area contributed by atoms with Crippen molar-refractivity contribution in [3.8, 4) is 0 Å². The fourth-order valence-corrected chi connectivity index (χ4v) is 4.32. The number of amides is 2. The number of rotatable bonds is 3. The van der Waals surface area contributed by atoms with Crippen LogP contribution in [0.3, 0.4) is 0 Å². The number of aromatic nitrogens is 1. The van der Waals surface area contributed by atoms with Crippen molar-refractivity contribution in [2.24, 2.45) is 0 Å². The van der Waals surface area contributed by atoms with E-state index in [4.69, 9.17) is 0 Å². The molecule has 132 valence electrons. The fraction of sp³-hybridized carbons (Fsp3) is 0.250. The summed E-state index contributed by atoms with van der Waals surface area (Å²) in [5, 5.41) is 3.38. The normalized spacial score (nSPS) is 15.3. The number of aryl methyl sites for hydroxylation is 1. The quantitative estimate of drug-likeness (QED) is 0.766. The number of nitrogens with one attached hydrogen (secondary N) is 1. The Morgan fingerprint density at radius 1 is 1.23 bits per heavy atom. The minimum absolute atomic E-state index is 0.0196. The third-order valence-corrected chi connectivity index (χ3v) is 5.67. The van der Waals surface area contributed by atoms with E-state index in [1.165, 1.54) is 11.3 Å². The van der Waals surface area contributed by atoms with E-state index in [1.807, 2.05) is 63.2 Å². The second-order valence-corrected chi connectivity index (χ2v) is 8.10. The van der Waals surface area contributed by atoms with Crippen molar-refractivity contribution >= 4 is 44.2 Å². The lowest BCUT2D eigenvalue weighted by Gasteiger charge is -2.19. The minimum Gasteiger partial charge on any atom is -0.302 e. The van der Waals surface area contributed by atoms with Crippen LogP contribution >= 0.6 is 11.3 Å². The molecule has 2 amide bonds. The molecule has 0 aliphatic carbocycles. The molecule has 0 bridgehead atoms. The van der Waals surface area contributed by atoms with Gasteiger partial charge < -0.3 is 10.2 Å². The number of nitrogens with zero attached hydrogens (tertiary/aromatic N) is 2. The Bertz CT molecular complexity index is 1040. The number of carbonyl (C=O) groups excluding carboxylic acids is 2. The predicted molar refractivity (Wildman–Crippen MR) is 105 cm³/mol. The Labute approximate surface area is 155 Å². The van der Waals surface area contributed by atoms with Gasteiger partial charge in [0.05, 0.1) is 15.6 Å². The number of hydrogen-bond acceptors (Lipinski definition) is 4. The van der Waals surface area contributed by atoms with Gasteiger partial charge in [-0.1, -0.05) is 35.6 Å². The summed E-state index contributed by atoms with van der Waals surface area (Å²) in [6, 6.07) is 13.6. The van der Waals surface area contributed by atoms with Gasteiger partial charge in [-0.3, -0.25) is 9.59 Å². The average Bonchev–Trinajstić information content (AvgIpc) is 3.07. The van der Waals surface area contributed by atoms with E-state index in [1.54, 1.807) is 4.90 Å². The zero-order valence-corrected chi connectivity index (χ0v) is 15.7. The molecule has 1 aliphatic rings. The van der Waals surface area contributed by atoms with Crippen LogP contribution in [0.4, 0.5) is 10.8 Å². The summed E-state index contributed by atoms with van der Waals surface area (Å²) >= 11 is 1.44. The molecule has 0 saturated carbocycles. The highest BCUT2D eigenvalue weighted by molar-refractivity contribution is 7.22. The Morgan fingerprint density at radius 3 is 2.81 bits per heavy atom.